The van der Waals surface area contributed by atoms with Crippen molar-refractivity contribution in [3.63, 3.8) is 0 Å². The normalized spacial score (nSPS) is 12.3. The number of fused-ring (bicyclic) bond motifs is 5. The Bertz CT molecular complexity index is 3810. The summed E-state index contributed by atoms with van der Waals surface area (Å²) in [6, 6.07) is 106. The van der Waals surface area contributed by atoms with Crippen LogP contribution in [0.4, 0.5) is 34.1 Å². The molecule has 0 amide bonds. The Morgan fingerprint density at radius 1 is 0.239 bits per heavy atom. The van der Waals surface area contributed by atoms with Gasteiger partial charge in [0.15, 0.2) is 0 Å². The Hall–Kier alpha value is -9.24. The lowest BCUT2D eigenvalue weighted by atomic mass is 9.67. The molecule has 12 aromatic rings. The second-order valence-corrected chi connectivity index (χ2v) is 18.4. The number of hydrogen-bond acceptors (Lipinski definition) is 2. The second-order valence-electron chi connectivity index (χ2n) is 18.4. The molecule has 0 spiro atoms. The van der Waals surface area contributed by atoms with Gasteiger partial charge in [0.05, 0.1) is 11.1 Å². The highest BCUT2D eigenvalue weighted by atomic mass is 15.1. The van der Waals surface area contributed by atoms with Crippen molar-refractivity contribution in [2.45, 2.75) is 5.41 Å². The first-order chi connectivity index (χ1) is 35.2. The topological polar surface area (TPSA) is 6.48 Å². The first kappa shape index (κ1) is 41.9. The highest BCUT2D eigenvalue weighted by Gasteiger charge is 2.46. The van der Waals surface area contributed by atoms with Crippen LogP contribution >= 0.6 is 0 Å². The molecule has 0 saturated heterocycles. The van der Waals surface area contributed by atoms with Gasteiger partial charge in [-0.1, -0.05) is 224 Å². The number of rotatable bonds is 10. The minimum atomic E-state index is -0.501. The van der Waals surface area contributed by atoms with Gasteiger partial charge in [-0.3, -0.25) is 0 Å². The number of para-hydroxylation sites is 1. The van der Waals surface area contributed by atoms with E-state index in [4.69, 9.17) is 0 Å². The van der Waals surface area contributed by atoms with Gasteiger partial charge in [0.25, 0.3) is 0 Å². The van der Waals surface area contributed by atoms with Crippen LogP contribution in [-0.2, 0) is 5.41 Å². The molecule has 0 atom stereocenters. The zero-order valence-corrected chi connectivity index (χ0v) is 39.1. The van der Waals surface area contributed by atoms with Crippen LogP contribution in [0.2, 0.25) is 0 Å². The van der Waals surface area contributed by atoms with E-state index < -0.39 is 5.41 Å². The number of nitrogens with zero attached hydrogens (tertiary/aromatic N) is 2. The lowest BCUT2D eigenvalue weighted by Gasteiger charge is -2.35. The highest BCUT2D eigenvalue weighted by molar-refractivity contribution is 6.07. The van der Waals surface area contributed by atoms with Gasteiger partial charge >= 0.3 is 0 Å². The standard InChI is InChI=1S/C69H48N2/c1-5-19-49(20-6-1)51-33-38-58(39-34-51)71(59-42-35-50-21-13-14-22-53(50)47-59)68-46-45-61(62-29-15-16-31-65(62)68)52-36-40-57(41-37-52)70(56-27-11-4-12-28-56)60-43-44-64-63-30-17-18-32-66(63)69(67(64)48-60,54-23-7-2-8-24-54)55-25-9-3-10-26-55/h1-48H. The van der Waals surface area contributed by atoms with Gasteiger partial charge in [0.1, 0.15) is 0 Å². The monoisotopic (exact) mass is 904 g/mol. The minimum Gasteiger partial charge on any atom is -0.310 e. The fraction of sp³-hybridized carbons (Fsp3) is 0.0145. The molecule has 13 rings (SSSR count). The van der Waals surface area contributed by atoms with Gasteiger partial charge < -0.3 is 9.80 Å². The first-order valence-corrected chi connectivity index (χ1v) is 24.5. The fourth-order valence-corrected chi connectivity index (χ4v) is 11.3. The molecule has 0 saturated carbocycles. The van der Waals surface area contributed by atoms with E-state index in [1.54, 1.807) is 0 Å². The molecule has 2 heteroatoms. The maximum absolute atomic E-state index is 2.44. The third-order valence-corrected chi connectivity index (χ3v) is 14.5. The van der Waals surface area contributed by atoms with E-state index in [9.17, 15) is 0 Å². The van der Waals surface area contributed by atoms with E-state index in [0.717, 1.165) is 39.7 Å². The summed E-state index contributed by atoms with van der Waals surface area (Å²) in [6.45, 7) is 0. The summed E-state index contributed by atoms with van der Waals surface area (Å²) >= 11 is 0. The second kappa shape index (κ2) is 17.7. The molecule has 0 fully saturated rings. The largest absolute Gasteiger partial charge is 0.310 e. The molecule has 2 nitrogen and oxygen atoms in total. The number of anilines is 6. The van der Waals surface area contributed by atoms with Crippen LogP contribution in [0.25, 0.3) is 54.9 Å². The molecular weight excluding hydrogens is 857 g/mol. The number of benzene rings is 12. The van der Waals surface area contributed by atoms with Crippen molar-refractivity contribution < 1.29 is 0 Å². The molecule has 0 aliphatic heterocycles. The van der Waals surface area contributed by atoms with Gasteiger partial charge in [-0.15, -0.1) is 0 Å². The van der Waals surface area contributed by atoms with Crippen LogP contribution in [0, 0.1) is 0 Å². The molecule has 0 aromatic heterocycles. The summed E-state index contributed by atoms with van der Waals surface area (Å²) in [5.41, 5.74) is 18.5. The first-order valence-electron chi connectivity index (χ1n) is 24.5. The zero-order valence-electron chi connectivity index (χ0n) is 39.1. The van der Waals surface area contributed by atoms with Crippen molar-refractivity contribution in [2.75, 3.05) is 9.80 Å². The molecule has 334 valence electrons. The van der Waals surface area contributed by atoms with Crippen molar-refractivity contribution in [3.8, 4) is 33.4 Å². The van der Waals surface area contributed by atoms with Gasteiger partial charge in [0, 0.05) is 33.8 Å². The van der Waals surface area contributed by atoms with E-state index >= 15 is 0 Å². The molecule has 1 aliphatic rings. The Morgan fingerprint density at radius 2 is 0.704 bits per heavy atom. The van der Waals surface area contributed by atoms with E-state index in [-0.39, 0.29) is 0 Å². The van der Waals surface area contributed by atoms with Crippen molar-refractivity contribution in [2.24, 2.45) is 0 Å². The summed E-state index contributed by atoms with van der Waals surface area (Å²) in [4.78, 5) is 4.81. The van der Waals surface area contributed by atoms with Crippen molar-refractivity contribution in [3.05, 3.63) is 313 Å². The predicted octanol–water partition coefficient (Wildman–Crippen LogP) is 18.6. The lowest BCUT2D eigenvalue weighted by molar-refractivity contribution is 0.768. The molecule has 0 unspecified atom stereocenters. The summed E-state index contributed by atoms with van der Waals surface area (Å²) in [7, 11) is 0. The average Bonchev–Trinajstić information content (AvgIpc) is 3.75. The molecule has 0 heterocycles. The quantitative estimate of drug-likeness (QED) is 0.135. The van der Waals surface area contributed by atoms with Crippen LogP contribution in [0.5, 0.6) is 0 Å². The minimum absolute atomic E-state index is 0.501. The zero-order chi connectivity index (χ0) is 47.1. The van der Waals surface area contributed by atoms with Crippen LogP contribution < -0.4 is 9.80 Å². The van der Waals surface area contributed by atoms with E-state index in [1.807, 2.05) is 0 Å². The molecule has 0 radical (unpaired) electrons. The van der Waals surface area contributed by atoms with Gasteiger partial charge in [-0.2, -0.15) is 0 Å². The fourth-order valence-electron chi connectivity index (χ4n) is 11.3. The number of hydrogen-bond donors (Lipinski definition) is 0. The van der Waals surface area contributed by atoms with Gasteiger partial charge in [0.2, 0.25) is 0 Å². The van der Waals surface area contributed by atoms with Gasteiger partial charge in [-0.05, 0) is 139 Å². The van der Waals surface area contributed by atoms with E-state index in [2.05, 4.69) is 301 Å². The smallest absolute Gasteiger partial charge is 0.0714 e. The summed E-state index contributed by atoms with van der Waals surface area (Å²) in [5, 5.41) is 4.80. The van der Waals surface area contributed by atoms with Crippen LogP contribution in [0.1, 0.15) is 22.3 Å². The van der Waals surface area contributed by atoms with Crippen molar-refractivity contribution in [1.82, 2.24) is 0 Å². The molecule has 1 aliphatic carbocycles. The molecule has 0 bridgehead atoms. The van der Waals surface area contributed by atoms with E-state index in [1.165, 1.54) is 71.6 Å². The summed E-state index contributed by atoms with van der Waals surface area (Å²) in [5.74, 6) is 0. The lowest BCUT2D eigenvalue weighted by Crippen LogP contribution is -2.28. The Morgan fingerprint density at radius 3 is 1.41 bits per heavy atom. The summed E-state index contributed by atoms with van der Waals surface area (Å²) in [6.07, 6.45) is 0. The molecular formula is C69H48N2. The predicted molar refractivity (Wildman–Crippen MR) is 299 cm³/mol. The van der Waals surface area contributed by atoms with Crippen molar-refractivity contribution >= 4 is 55.7 Å². The summed E-state index contributed by atoms with van der Waals surface area (Å²) < 4.78 is 0. The Kier molecular flexibility index (Phi) is 10.4. The maximum Gasteiger partial charge on any atom is 0.0714 e. The Balaban J connectivity index is 0.923. The van der Waals surface area contributed by atoms with Crippen molar-refractivity contribution in [1.29, 1.82) is 0 Å². The van der Waals surface area contributed by atoms with Crippen LogP contribution in [-0.4, -0.2) is 0 Å². The molecule has 12 aromatic carbocycles. The van der Waals surface area contributed by atoms with E-state index in [0.29, 0.717) is 0 Å². The van der Waals surface area contributed by atoms with Gasteiger partial charge in [-0.25, -0.2) is 0 Å². The molecule has 0 N–H and O–H groups in total. The third-order valence-electron chi connectivity index (χ3n) is 14.5. The average molecular weight is 905 g/mol. The highest BCUT2D eigenvalue weighted by Crippen LogP contribution is 2.57. The SMILES string of the molecule is c1ccc(-c2ccc(N(c3ccc4ccccc4c3)c3ccc(-c4ccc(N(c5ccccc5)c5ccc6c(c5)C(c5ccccc5)(c5ccccc5)c5ccccc5-6)cc4)c4ccccc34)cc2)cc1. The van der Waals surface area contributed by atoms with Crippen LogP contribution in [0.3, 0.4) is 0 Å². The third kappa shape index (κ3) is 7.19. The molecule has 71 heavy (non-hydrogen) atoms. The van der Waals surface area contributed by atoms with Crippen LogP contribution in [0.15, 0.2) is 291 Å². The Labute approximate surface area is 415 Å². The maximum atomic E-state index is 2.44.